The molecule has 1 fully saturated rings. The summed E-state index contributed by atoms with van der Waals surface area (Å²) < 4.78 is 0. The summed E-state index contributed by atoms with van der Waals surface area (Å²) in [7, 11) is 2.01. The van der Waals surface area contributed by atoms with Gasteiger partial charge in [0, 0.05) is 19.1 Å². The lowest BCUT2D eigenvalue weighted by atomic mass is 9.88. The highest BCUT2D eigenvalue weighted by Crippen LogP contribution is 2.19. The Kier molecular flexibility index (Phi) is 4.95. The van der Waals surface area contributed by atoms with E-state index in [0.29, 0.717) is 6.42 Å². The van der Waals surface area contributed by atoms with E-state index in [1.54, 1.807) is 13.8 Å². The zero-order valence-corrected chi connectivity index (χ0v) is 11.3. The van der Waals surface area contributed by atoms with Crippen LogP contribution in [0.1, 0.15) is 26.7 Å². The van der Waals surface area contributed by atoms with Crippen molar-refractivity contribution in [2.75, 3.05) is 26.7 Å². The van der Waals surface area contributed by atoms with Gasteiger partial charge in [0.15, 0.2) is 0 Å². The van der Waals surface area contributed by atoms with E-state index in [1.807, 2.05) is 7.05 Å². The SMILES string of the molecule is CCC(C)(CNC(=O)NC1CCN(C)C1)C(=O)O. The average molecular weight is 257 g/mol. The molecule has 0 aromatic rings. The van der Waals surface area contributed by atoms with Crippen molar-refractivity contribution in [2.24, 2.45) is 5.41 Å². The molecular weight excluding hydrogens is 234 g/mol. The highest BCUT2D eigenvalue weighted by molar-refractivity contribution is 5.77. The second kappa shape index (κ2) is 6.04. The molecule has 0 saturated carbocycles. The van der Waals surface area contributed by atoms with Gasteiger partial charge in [0.2, 0.25) is 0 Å². The molecule has 2 amide bonds. The highest BCUT2D eigenvalue weighted by atomic mass is 16.4. The molecule has 1 saturated heterocycles. The molecule has 0 radical (unpaired) electrons. The molecule has 1 heterocycles. The fourth-order valence-corrected chi connectivity index (χ4v) is 1.92. The van der Waals surface area contributed by atoms with Crippen molar-refractivity contribution in [2.45, 2.75) is 32.7 Å². The standard InChI is InChI=1S/C12H23N3O3/c1-4-12(2,10(16)17)8-13-11(18)14-9-5-6-15(3)7-9/h9H,4-8H2,1-3H3,(H,16,17)(H2,13,14,18). The highest BCUT2D eigenvalue weighted by Gasteiger charge is 2.31. The Labute approximate surface area is 108 Å². The molecule has 1 rings (SSSR count). The Hall–Kier alpha value is -1.30. The van der Waals surface area contributed by atoms with Crippen molar-refractivity contribution in [1.82, 2.24) is 15.5 Å². The van der Waals surface area contributed by atoms with Gasteiger partial charge in [-0.25, -0.2) is 4.79 Å². The minimum Gasteiger partial charge on any atom is -0.481 e. The number of aliphatic carboxylic acids is 1. The van der Waals surface area contributed by atoms with Gasteiger partial charge in [-0.2, -0.15) is 0 Å². The van der Waals surface area contributed by atoms with Gasteiger partial charge in [-0.3, -0.25) is 4.79 Å². The molecule has 0 aromatic carbocycles. The molecule has 0 spiro atoms. The van der Waals surface area contributed by atoms with Crippen molar-refractivity contribution >= 4 is 12.0 Å². The van der Waals surface area contributed by atoms with E-state index in [-0.39, 0.29) is 18.6 Å². The van der Waals surface area contributed by atoms with Crippen LogP contribution in [-0.4, -0.2) is 54.7 Å². The molecule has 1 aliphatic heterocycles. The quantitative estimate of drug-likeness (QED) is 0.669. The van der Waals surface area contributed by atoms with Gasteiger partial charge in [-0.05, 0) is 33.4 Å². The van der Waals surface area contributed by atoms with E-state index in [9.17, 15) is 9.59 Å². The van der Waals surface area contributed by atoms with Gasteiger partial charge in [0.1, 0.15) is 0 Å². The molecule has 6 nitrogen and oxygen atoms in total. The fraction of sp³-hybridized carbons (Fsp3) is 0.833. The summed E-state index contributed by atoms with van der Waals surface area (Å²) in [4.78, 5) is 24.9. The van der Waals surface area contributed by atoms with Gasteiger partial charge in [-0.1, -0.05) is 6.92 Å². The Morgan fingerprint density at radius 1 is 1.50 bits per heavy atom. The number of carboxylic acids is 1. The predicted octanol–water partition coefficient (Wildman–Crippen LogP) is 0.491. The maximum Gasteiger partial charge on any atom is 0.315 e. The lowest BCUT2D eigenvalue weighted by Crippen LogP contribution is -2.48. The maximum absolute atomic E-state index is 11.7. The number of hydrogen-bond acceptors (Lipinski definition) is 3. The summed E-state index contributed by atoms with van der Waals surface area (Å²) in [6.45, 7) is 5.41. The first-order valence-corrected chi connectivity index (χ1v) is 6.33. The zero-order chi connectivity index (χ0) is 13.8. The first-order valence-electron chi connectivity index (χ1n) is 6.33. The van der Waals surface area contributed by atoms with Crippen LogP contribution in [0.15, 0.2) is 0 Å². The first kappa shape index (κ1) is 14.8. The van der Waals surface area contributed by atoms with Crippen LogP contribution in [0.25, 0.3) is 0 Å². The van der Waals surface area contributed by atoms with Crippen LogP contribution < -0.4 is 10.6 Å². The Morgan fingerprint density at radius 3 is 2.61 bits per heavy atom. The van der Waals surface area contributed by atoms with Crippen LogP contribution in [-0.2, 0) is 4.79 Å². The Balaban J connectivity index is 2.34. The maximum atomic E-state index is 11.7. The summed E-state index contributed by atoms with van der Waals surface area (Å²) in [5.41, 5.74) is -0.899. The molecule has 0 aliphatic carbocycles. The minimum atomic E-state index is -0.899. The topological polar surface area (TPSA) is 81.7 Å². The van der Waals surface area contributed by atoms with Crippen LogP contribution in [0.2, 0.25) is 0 Å². The number of amides is 2. The van der Waals surface area contributed by atoms with Crippen molar-refractivity contribution in [1.29, 1.82) is 0 Å². The summed E-state index contributed by atoms with van der Waals surface area (Å²) >= 11 is 0. The number of rotatable bonds is 5. The van der Waals surface area contributed by atoms with Crippen LogP contribution in [0.5, 0.6) is 0 Å². The molecule has 104 valence electrons. The van der Waals surface area contributed by atoms with Crippen molar-refractivity contribution in [3.63, 3.8) is 0 Å². The lowest BCUT2D eigenvalue weighted by molar-refractivity contribution is -0.147. The van der Waals surface area contributed by atoms with Crippen LogP contribution in [0.4, 0.5) is 4.79 Å². The normalized spacial score (nSPS) is 23.4. The van der Waals surface area contributed by atoms with Gasteiger partial charge < -0.3 is 20.6 Å². The van der Waals surface area contributed by atoms with Gasteiger partial charge in [0.05, 0.1) is 5.41 Å². The molecule has 0 bridgehead atoms. The molecular formula is C12H23N3O3. The second-order valence-electron chi connectivity index (χ2n) is 5.29. The fourth-order valence-electron chi connectivity index (χ4n) is 1.92. The number of urea groups is 1. The third-order valence-corrected chi connectivity index (χ3v) is 3.66. The van der Waals surface area contributed by atoms with Crippen LogP contribution in [0, 0.1) is 5.41 Å². The third kappa shape index (κ3) is 3.87. The third-order valence-electron chi connectivity index (χ3n) is 3.66. The van der Waals surface area contributed by atoms with Gasteiger partial charge >= 0.3 is 12.0 Å². The van der Waals surface area contributed by atoms with Crippen molar-refractivity contribution in [3.05, 3.63) is 0 Å². The summed E-state index contributed by atoms with van der Waals surface area (Å²) in [6.07, 6.45) is 1.42. The number of nitrogens with zero attached hydrogens (tertiary/aromatic N) is 1. The molecule has 0 aromatic heterocycles. The molecule has 6 heteroatoms. The van der Waals surface area contributed by atoms with Crippen molar-refractivity contribution in [3.8, 4) is 0 Å². The summed E-state index contributed by atoms with van der Waals surface area (Å²) in [5, 5.41) is 14.6. The Bertz CT molecular complexity index is 322. The summed E-state index contributed by atoms with van der Waals surface area (Å²) in [5.74, 6) is -0.883. The average Bonchev–Trinajstić information content (AvgIpc) is 2.71. The summed E-state index contributed by atoms with van der Waals surface area (Å²) in [6, 6.07) is -0.121. The predicted molar refractivity (Wildman–Crippen MR) is 68.5 cm³/mol. The van der Waals surface area contributed by atoms with E-state index in [2.05, 4.69) is 15.5 Å². The van der Waals surface area contributed by atoms with Gasteiger partial charge in [0.25, 0.3) is 0 Å². The zero-order valence-electron chi connectivity index (χ0n) is 11.3. The number of carboxylic acid groups (broad SMARTS) is 1. The van der Waals surface area contributed by atoms with Crippen LogP contribution >= 0.6 is 0 Å². The number of carbonyl (C=O) groups is 2. The molecule has 2 unspecified atom stereocenters. The van der Waals surface area contributed by atoms with E-state index in [4.69, 9.17) is 5.11 Å². The minimum absolute atomic E-state index is 0.146. The van der Waals surface area contributed by atoms with Crippen LogP contribution in [0.3, 0.4) is 0 Å². The molecule has 3 N–H and O–H groups in total. The smallest absolute Gasteiger partial charge is 0.315 e. The number of carbonyl (C=O) groups excluding carboxylic acids is 1. The first-order chi connectivity index (χ1) is 8.37. The van der Waals surface area contributed by atoms with E-state index >= 15 is 0 Å². The number of hydrogen-bond donors (Lipinski definition) is 3. The van der Waals surface area contributed by atoms with Gasteiger partial charge in [-0.15, -0.1) is 0 Å². The lowest BCUT2D eigenvalue weighted by Gasteiger charge is -2.24. The van der Waals surface area contributed by atoms with E-state index in [1.165, 1.54) is 0 Å². The Morgan fingerprint density at radius 2 is 2.17 bits per heavy atom. The van der Waals surface area contributed by atoms with E-state index < -0.39 is 11.4 Å². The number of nitrogens with one attached hydrogen (secondary N) is 2. The number of likely N-dealkylation sites (tertiary alicyclic amines) is 1. The monoisotopic (exact) mass is 257 g/mol. The molecule has 1 aliphatic rings. The molecule has 2 atom stereocenters. The van der Waals surface area contributed by atoms with Crippen molar-refractivity contribution < 1.29 is 14.7 Å². The second-order valence-corrected chi connectivity index (χ2v) is 5.29. The largest absolute Gasteiger partial charge is 0.481 e. The van der Waals surface area contributed by atoms with E-state index in [0.717, 1.165) is 19.5 Å². The molecule has 18 heavy (non-hydrogen) atoms. The number of likely N-dealkylation sites (N-methyl/N-ethyl adjacent to an activating group) is 1.